The fraction of sp³-hybridized carbons (Fsp3) is 0.737. The van der Waals surface area contributed by atoms with Crippen LogP contribution in [0.5, 0.6) is 0 Å². The quantitative estimate of drug-likeness (QED) is 0.709. The van der Waals surface area contributed by atoms with Gasteiger partial charge in [-0.3, -0.25) is 9.69 Å². The topological polar surface area (TPSA) is 105 Å². The van der Waals surface area contributed by atoms with Crippen molar-refractivity contribution < 1.29 is 13.2 Å². The monoisotopic (exact) mass is 423 g/mol. The first-order valence-corrected chi connectivity index (χ1v) is 12.3. The number of rotatable bonds is 4. The lowest BCUT2D eigenvalue weighted by Gasteiger charge is -2.35. The summed E-state index contributed by atoms with van der Waals surface area (Å²) in [6.07, 6.45) is 4.67. The number of nitrogens with zero attached hydrogens (tertiary/aromatic N) is 4. The molecule has 4 rings (SSSR count). The lowest BCUT2D eigenvalue weighted by atomic mass is 9.97. The van der Waals surface area contributed by atoms with Crippen LogP contribution in [0, 0.1) is 0 Å². The maximum absolute atomic E-state index is 12.4. The molecule has 0 saturated carbocycles. The third-order valence-corrected chi connectivity index (χ3v) is 7.89. The van der Waals surface area contributed by atoms with E-state index in [1.165, 1.54) is 0 Å². The summed E-state index contributed by atoms with van der Waals surface area (Å²) in [7, 11) is -3.00. The predicted octanol–water partition coefficient (Wildman–Crippen LogP) is -0.364. The highest BCUT2D eigenvalue weighted by atomic mass is 32.2. The minimum Gasteiger partial charge on any atom is -0.334 e. The average Bonchev–Trinajstić information content (AvgIpc) is 3.05. The molecule has 2 saturated heterocycles. The van der Waals surface area contributed by atoms with Crippen molar-refractivity contribution in [3.8, 4) is 0 Å². The van der Waals surface area contributed by atoms with Crippen LogP contribution >= 0.6 is 0 Å². The van der Waals surface area contributed by atoms with Crippen molar-refractivity contribution in [2.45, 2.75) is 44.7 Å². The molecular formula is C19H29N5O4S. The van der Waals surface area contributed by atoms with E-state index in [-0.39, 0.29) is 29.1 Å². The molecule has 0 radical (unpaired) electrons. The molecular weight excluding hydrogens is 394 g/mol. The van der Waals surface area contributed by atoms with E-state index in [2.05, 4.69) is 15.3 Å². The Hall–Kier alpha value is -1.94. The van der Waals surface area contributed by atoms with Crippen molar-refractivity contribution in [3.63, 3.8) is 0 Å². The molecule has 3 aliphatic rings. The van der Waals surface area contributed by atoms with E-state index in [1.54, 1.807) is 15.6 Å². The number of aryl methyl sites for hydroxylation is 2. The van der Waals surface area contributed by atoms with E-state index in [1.807, 2.05) is 0 Å². The van der Waals surface area contributed by atoms with Crippen molar-refractivity contribution in [1.82, 2.24) is 24.9 Å². The summed E-state index contributed by atoms with van der Waals surface area (Å²) in [4.78, 5) is 28.6. The number of hydrogen-bond acceptors (Lipinski definition) is 6. The zero-order valence-electron chi connectivity index (χ0n) is 16.7. The second-order valence-electron chi connectivity index (χ2n) is 8.26. The number of aromatic nitrogens is 2. The van der Waals surface area contributed by atoms with Crippen molar-refractivity contribution in [2.75, 3.05) is 44.2 Å². The van der Waals surface area contributed by atoms with Gasteiger partial charge in [0, 0.05) is 44.8 Å². The maximum Gasteiger partial charge on any atom is 0.317 e. The molecule has 0 aromatic carbocycles. The maximum atomic E-state index is 12.4. The fourth-order valence-corrected chi connectivity index (χ4v) is 6.02. The van der Waals surface area contributed by atoms with Crippen LogP contribution in [0.25, 0.3) is 0 Å². The molecule has 1 aromatic heterocycles. The predicted molar refractivity (Wildman–Crippen MR) is 109 cm³/mol. The molecule has 0 spiro atoms. The lowest BCUT2D eigenvalue weighted by Crippen LogP contribution is -2.54. The van der Waals surface area contributed by atoms with Crippen LogP contribution in [-0.4, -0.2) is 84.3 Å². The second-order valence-corrected chi connectivity index (χ2v) is 10.5. The first-order valence-electron chi connectivity index (χ1n) is 10.5. The number of sulfone groups is 1. The molecule has 1 atom stereocenters. The van der Waals surface area contributed by atoms with Gasteiger partial charge in [0.05, 0.1) is 23.7 Å². The molecule has 1 N–H and O–H groups in total. The number of amides is 2. The van der Waals surface area contributed by atoms with Crippen LogP contribution in [0.3, 0.4) is 0 Å². The van der Waals surface area contributed by atoms with Gasteiger partial charge in [0.15, 0.2) is 9.84 Å². The molecule has 2 amide bonds. The van der Waals surface area contributed by atoms with E-state index >= 15 is 0 Å². The van der Waals surface area contributed by atoms with Gasteiger partial charge in [0.1, 0.15) is 0 Å². The molecule has 29 heavy (non-hydrogen) atoms. The van der Waals surface area contributed by atoms with Crippen LogP contribution in [0.15, 0.2) is 10.9 Å². The standard InChI is InChI=1S/C19H29N5O4S/c25-18-13-15-3-1-2-4-17(15)21-24(18)11-8-22-6-9-23(10-7-22)19(26)20-16-5-12-29(27,28)14-16/h13,16H,1-12,14H2,(H,20,26). The highest BCUT2D eigenvalue weighted by Crippen LogP contribution is 2.17. The average molecular weight is 424 g/mol. The Bertz CT molecular complexity index is 921. The molecule has 1 aromatic rings. The number of nitrogens with one attached hydrogen (secondary N) is 1. The Morgan fingerprint density at radius 1 is 1.14 bits per heavy atom. The van der Waals surface area contributed by atoms with E-state index in [0.29, 0.717) is 26.1 Å². The summed E-state index contributed by atoms with van der Waals surface area (Å²) in [6.45, 7) is 3.93. The van der Waals surface area contributed by atoms with Crippen LogP contribution in [0.1, 0.15) is 30.5 Å². The number of carbonyl (C=O) groups excluding carboxylic acids is 1. The number of fused-ring (bicyclic) bond motifs is 1. The Balaban J connectivity index is 1.24. The molecule has 1 unspecified atom stereocenters. The van der Waals surface area contributed by atoms with Gasteiger partial charge in [-0.25, -0.2) is 17.9 Å². The van der Waals surface area contributed by atoms with Gasteiger partial charge < -0.3 is 10.2 Å². The van der Waals surface area contributed by atoms with E-state index in [4.69, 9.17) is 0 Å². The summed E-state index contributed by atoms with van der Waals surface area (Å²) in [5.41, 5.74) is 2.13. The van der Waals surface area contributed by atoms with E-state index in [9.17, 15) is 18.0 Å². The van der Waals surface area contributed by atoms with Gasteiger partial charge in [0.2, 0.25) is 0 Å². The Morgan fingerprint density at radius 2 is 1.90 bits per heavy atom. The lowest BCUT2D eigenvalue weighted by molar-refractivity contribution is 0.134. The second kappa shape index (κ2) is 8.43. The number of hydrogen-bond donors (Lipinski definition) is 1. The molecule has 2 fully saturated rings. The number of piperazine rings is 1. The minimum atomic E-state index is -3.00. The third-order valence-electron chi connectivity index (χ3n) is 6.12. The van der Waals surface area contributed by atoms with Gasteiger partial charge in [-0.15, -0.1) is 0 Å². The first-order chi connectivity index (χ1) is 13.9. The summed E-state index contributed by atoms with van der Waals surface area (Å²) < 4.78 is 24.6. The SMILES string of the molecule is O=C(NC1CCS(=O)(=O)C1)N1CCN(CCn2nc3c(cc2=O)CCCC3)CC1. The molecule has 1 aliphatic carbocycles. The van der Waals surface area contributed by atoms with Crippen molar-refractivity contribution in [2.24, 2.45) is 0 Å². The van der Waals surface area contributed by atoms with Crippen LogP contribution < -0.4 is 10.9 Å². The van der Waals surface area contributed by atoms with Crippen LogP contribution in [0.2, 0.25) is 0 Å². The fourth-order valence-electron chi connectivity index (χ4n) is 4.35. The molecule has 3 heterocycles. The van der Waals surface area contributed by atoms with Gasteiger partial charge in [-0.05, 0) is 37.7 Å². The number of urea groups is 1. The molecule has 2 aliphatic heterocycles. The molecule has 10 heteroatoms. The summed E-state index contributed by atoms with van der Waals surface area (Å²) in [5, 5.41) is 7.41. The molecule has 9 nitrogen and oxygen atoms in total. The van der Waals surface area contributed by atoms with Crippen LogP contribution in [0.4, 0.5) is 4.79 Å². The van der Waals surface area contributed by atoms with Gasteiger partial charge >= 0.3 is 6.03 Å². The smallest absolute Gasteiger partial charge is 0.317 e. The summed E-state index contributed by atoms with van der Waals surface area (Å²) >= 11 is 0. The highest BCUT2D eigenvalue weighted by molar-refractivity contribution is 7.91. The van der Waals surface area contributed by atoms with Gasteiger partial charge in [0.25, 0.3) is 5.56 Å². The van der Waals surface area contributed by atoms with Crippen molar-refractivity contribution in [1.29, 1.82) is 0 Å². The Labute approximate surface area is 171 Å². The van der Waals surface area contributed by atoms with Crippen molar-refractivity contribution in [3.05, 3.63) is 27.7 Å². The minimum absolute atomic E-state index is 0.0322. The van der Waals surface area contributed by atoms with Gasteiger partial charge in [-0.1, -0.05) is 0 Å². The third kappa shape index (κ3) is 4.98. The zero-order chi connectivity index (χ0) is 20.4. The van der Waals surface area contributed by atoms with Gasteiger partial charge in [-0.2, -0.15) is 5.10 Å². The largest absolute Gasteiger partial charge is 0.334 e. The summed E-state index contributed by atoms with van der Waals surface area (Å²) in [5.74, 6) is 0.197. The Morgan fingerprint density at radius 3 is 2.62 bits per heavy atom. The normalized spacial score (nSPS) is 24.3. The Kier molecular flexibility index (Phi) is 5.91. The zero-order valence-corrected chi connectivity index (χ0v) is 17.5. The van der Waals surface area contributed by atoms with Crippen LogP contribution in [-0.2, 0) is 29.2 Å². The molecule has 0 bridgehead atoms. The van der Waals surface area contributed by atoms with E-state index in [0.717, 1.165) is 56.6 Å². The number of carbonyl (C=O) groups is 1. The summed E-state index contributed by atoms with van der Waals surface area (Å²) in [6, 6.07) is 1.29. The first kappa shape index (κ1) is 20.3. The van der Waals surface area contributed by atoms with E-state index < -0.39 is 9.84 Å². The highest BCUT2D eigenvalue weighted by Gasteiger charge is 2.31. The molecule has 160 valence electrons. The van der Waals surface area contributed by atoms with Crippen molar-refractivity contribution >= 4 is 15.9 Å².